The van der Waals surface area contributed by atoms with Gasteiger partial charge in [-0.3, -0.25) is 0 Å². The van der Waals surface area contributed by atoms with E-state index in [1.165, 1.54) is 11.5 Å². The minimum absolute atomic E-state index is 1.00. The zero-order chi connectivity index (χ0) is 9.80. The van der Waals surface area contributed by atoms with Crippen molar-refractivity contribution in [3.05, 3.63) is 5.82 Å². The molecule has 0 radical (unpaired) electrons. The average Bonchev–Trinajstić information content (AvgIpc) is 2.68. The third-order valence-electron chi connectivity index (χ3n) is 2.32. The normalized spacial score (nSPS) is 17.4. The van der Waals surface area contributed by atoms with Gasteiger partial charge in [-0.1, -0.05) is 6.92 Å². The fourth-order valence-corrected chi connectivity index (χ4v) is 2.32. The molecular formula is C9H16N4S. The van der Waals surface area contributed by atoms with Gasteiger partial charge in [-0.2, -0.15) is 4.37 Å². The molecule has 5 heteroatoms. The molecule has 0 unspecified atom stereocenters. The molecule has 1 fully saturated rings. The summed E-state index contributed by atoms with van der Waals surface area (Å²) in [6, 6.07) is 0. The summed E-state index contributed by atoms with van der Waals surface area (Å²) in [5, 5.41) is 4.42. The summed E-state index contributed by atoms with van der Waals surface area (Å²) in [6.07, 6.45) is 2.13. The van der Waals surface area contributed by atoms with Gasteiger partial charge in [-0.25, -0.2) is 4.98 Å². The van der Waals surface area contributed by atoms with Crippen LogP contribution < -0.4 is 10.2 Å². The first-order chi connectivity index (χ1) is 6.90. The quantitative estimate of drug-likeness (QED) is 0.808. The largest absolute Gasteiger partial charge is 0.344 e. The van der Waals surface area contributed by atoms with Gasteiger partial charge in [0.25, 0.3) is 0 Å². The van der Waals surface area contributed by atoms with Gasteiger partial charge in [-0.15, -0.1) is 0 Å². The molecule has 0 aliphatic carbocycles. The molecule has 2 heterocycles. The molecule has 0 saturated carbocycles. The Morgan fingerprint density at radius 2 is 2.21 bits per heavy atom. The average molecular weight is 212 g/mol. The monoisotopic (exact) mass is 212 g/mol. The molecule has 1 aliphatic heterocycles. The second-order valence-corrected chi connectivity index (χ2v) is 4.21. The van der Waals surface area contributed by atoms with Crippen LogP contribution in [-0.2, 0) is 6.42 Å². The number of piperazine rings is 1. The van der Waals surface area contributed by atoms with Gasteiger partial charge in [0.2, 0.25) is 5.13 Å². The van der Waals surface area contributed by atoms with E-state index in [0.717, 1.165) is 50.0 Å². The Balaban J connectivity index is 2.00. The molecule has 1 aromatic heterocycles. The van der Waals surface area contributed by atoms with Gasteiger partial charge < -0.3 is 10.2 Å². The maximum Gasteiger partial charge on any atom is 0.205 e. The molecule has 0 aromatic carbocycles. The summed E-state index contributed by atoms with van der Waals surface area (Å²) in [6.45, 7) is 6.39. The van der Waals surface area contributed by atoms with Crippen LogP contribution >= 0.6 is 11.5 Å². The van der Waals surface area contributed by atoms with E-state index < -0.39 is 0 Å². The van der Waals surface area contributed by atoms with Crippen molar-refractivity contribution >= 4 is 16.7 Å². The fourth-order valence-electron chi connectivity index (χ4n) is 1.55. The van der Waals surface area contributed by atoms with Crippen LogP contribution in [0, 0.1) is 0 Å². The molecule has 0 spiro atoms. The summed E-state index contributed by atoms with van der Waals surface area (Å²) in [5.41, 5.74) is 0. The smallest absolute Gasteiger partial charge is 0.205 e. The zero-order valence-electron chi connectivity index (χ0n) is 8.49. The zero-order valence-corrected chi connectivity index (χ0v) is 9.31. The van der Waals surface area contributed by atoms with E-state index in [1.54, 1.807) is 0 Å². The summed E-state index contributed by atoms with van der Waals surface area (Å²) < 4.78 is 4.35. The molecule has 0 atom stereocenters. The third kappa shape index (κ3) is 2.22. The summed E-state index contributed by atoms with van der Waals surface area (Å²) in [4.78, 5) is 6.84. The van der Waals surface area contributed by atoms with Crippen molar-refractivity contribution in [1.29, 1.82) is 0 Å². The molecule has 78 valence electrons. The van der Waals surface area contributed by atoms with Crippen LogP contribution in [0.3, 0.4) is 0 Å². The van der Waals surface area contributed by atoms with Gasteiger partial charge in [0.05, 0.1) is 0 Å². The van der Waals surface area contributed by atoms with Crippen molar-refractivity contribution in [3.8, 4) is 0 Å². The minimum Gasteiger partial charge on any atom is -0.344 e. The highest BCUT2D eigenvalue weighted by atomic mass is 32.1. The van der Waals surface area contributed by atoms with Crippen molar-refractivity contribution in [1.82, 2.24) is 14.7 Å². The molecule has 1 N–H and O–H groups in total. The molecule has 0 bridgehead atoms. The first-order valence-electron chi connectivity index (χ1n) is 5.18. The van der Waals surface area contributed by atoms with Crippen molar-refractivity contribution in [2.75, 3.05) is 31.1 Å². The fraction of sp³-hybridized carbons (Fsp3) is 0.778. The topological polar surface area (TPSA) is 41.1 Å². The first-order valence-corrected chi connectivity index (χ1v) is 5.95. The molecule has 2 rings (SSSR count). The molecule has 14 heavy (non-hydrogen) atoms. The predicted octanol–water partition coefficient (Wildman–Crippen LogP) is 0.900. The van der Waals surface area contributed by atoms with Crippen LogP contribution in [0.4, 0.5) is 5.13 Å². The number of aromatic nitrogens is 2. The number of nitrogens with zero attached hydrogens (tertiary/aromatic N) is 3. The Kier molecular flexibility index (Phi) is 3.31. The number of rotatable bonds is 3. The summed E-state index contributed by atoms with van der Waals surface area (Å²) in [5.74, 6) is 1.01. The lowest BCUT2D eigenvalue weighted by Gasteiger charge is -2.26. The second-order valence-electron chi connectivity index (χ2n) is 3.48. The van der Waals surface area contributed by atoms with Crippen LogP contribution in [0.1, 0.15) is 19.2 Å². The number of hydrogen-bond acceptors (Lipinski definition) is 5. The van der Waals surface area contributed by atoms with Crippen molar-refractivity contribution in [2.24, 2.45) is 0 Å². The van der Waals surface area contributed by atoms with Crippen LogP contribution in [0.5, 0.6) is 0 Å². The van der Waals surface area contributed by atoms with Crippen molar-refractivity contribution < 1.29 is 0 Å². The van der Waals surface area contributed by atoms with Crippen LogP contribution in [-0.4, -0.2) is 35.5 Å². The highest BCUT2D eigenvalue weighted by molar-refractivity contribution is 7.09. The second kappa shape index (κ2) is 4.70. The lowest BCUT2D eigenvalue weighted by molar-refractivity contribution is 0.587. The van der Waals surface area contributed by atoms with Crippen molar-refractivity contribution in [3.63, 3.8) is 0 Å². The molecule has 0 amide bonds. The lowest BCUT2D eigenvalue weighted by atomic mass is 10.3. The Labute approximate surface area is 88.5 Å². The number of hydrogen-bond donors (Lipinski definition) is 1. The SMILES string of the molecule is CCCc1nsc(N2CCNCC2)n1. The van der Waals surface area contributed by atoms with Gasteiger partial charge in [0, 0.05) is 44.1 Å². The number of anilines is 1. The predicted molar refractivity (Wildman–Crippen MR) is 59.0 cm³/mol. The lowest BCUT2D eigenvalue weighted by Crippen LogP contribution is -2.43. The van der Waals surface area contributed by atoms with E-state index in [-0.39, 0.29) is 0 Å². The highest BCUT2D eigenvalue weighted by Gasteiger charge is 2.14. The van der Waals surface area contributed by atoms with Gasteiger partial charge in [-0.05, 0) is 6.42 Å². The standard InChI is InChI=1S/C9H16N4S/c1-2-3-8-11-9(14-12-8)13-6-4-10-5-7-13/h10H,2-7H2,1H3. The van der Waals surface area contributed by atoms with Crippen LogP contribution in [0.25, 0.3) is 0 Å². The Morgan fingerprint density at radius 3 is 2.93 bits per heavy atom. The maximum absolute atomic E-state index is 4.53. The van der Waals surface area contributed by atoms with E-state index >= 15 is 0 Å². The van der Waals surface area contributed by atoms with E-state index in [2.05, 4.69) is 26.5 Å². The van der Waals surface area contributed by atoms with Gasteiger partial charge in [0.15, 0.2) is 0 Å². The highest BCUT2D eigenvalue weighted by Crippen LogP contribution is 2.17. The summed E-state index contributed by atoms with van der Waals surface area (Å²) in [7, 11) is 0. The van der Waals surface area contributed by atoms with Crippen LogP contribution in [0.2, 0.25) is 0 Å². The Morgan fingerprint density at radius 1 is 1.43 bits per heavy atom. The summed E-state index contributed by atoms with van der Waals surface area (Å²) >= 11 is 1.53. The van der Waals surface area contributed by atoms with E-state index in [4.69, 9.17) is 0 Å². The number of aryl methyl sites for hydroxylation is 1. The molecule has 1 aromatic rings. The maximum atomic E-state index is 4.53. The molecule has 1 saturated heterocycles. The van der Waals surface area contributed by atoms with E-state index in [0.29, 0.717) is 0 Å². The molecule has 1 aliphatic rings. The van der Waals surface area contributed by atoms with Gasteiger partial charge in [0.1, 0.15) is 5.82 Å². The van der Waals surface area contributed by atoms with Crippen molar-refractivity contribution in [2.45, 2.75) is 19.8 Å². The Hall–Kier alpha value is -0.680. The third-order valence-corrected chi connectivity index (χ3v) is 3.13. The van der Waals surface area contributed by atoms with E-state index in [9.17, 15) is 0 Å². The Bertz CT molecular complexity index is 280. The first kappa shape index (κ1) is 9.86. The van der Waals surface area contributed by atoms with E-state index in [1.807, 2.05) is 0 Å². The van der Waals surface area contributed by atoms with Gasteiger partial charge >= 0.3 is 0 Å². The number of nitrogens with one attached hydrogen (secondary N) is 1. The molecule has 4 nitrogen and oxygen atoms in total. The van der Waals surface area contributed by atoms with Crippen LogP contribution in [0.15, 0.2) is 0 Å². The minimum atomic E-state index is 1.00. The molecular weight excluding hydrogens is 196 g/mol.